The second-order valence-corrected chi connectivity index (χ2v) is 2.52. The fourth-order valence-electron chi connectivity index (χ4n) is 1.06. The predicted octanol–water partition coefficient (Wildman–Crippen LogP) is 1.16. The van der Waals surface area contributed by atoms with E-state index in [1.54, 1.807) is 12.4 Å². The van der Waals surface area contributed by atoms with Crippen molar-refractivity contribution in [2.75, 3.05) is 0 Å². The molecule has 3 N–H and O–H groups in total. The highest BCUT2D eigenvalue weighted by atomic mass is 15.2. The topological polar surface area (TPSA) is 50.9 Å². The van der Waals surface area contributed by atoms with Crippen LogP contribution in [0.25, 0.3) is 0 Å². The summed E-state index contributed by atoms with van der Waals surface area (Å²) in [5.74, 6) is 5.37. The van der Waals surface area contributed by atoms with E-state index in [0.717, 1.165) is 12.0 Å². The Balaban J connectivity index is 2.72. The van der Waals surface area contributed by atoms with E-state index >= 15 is 0 Å². The minimum absolute atomic E-state index is 0.144. The minimum Gasteiger partial charge on any atom is -0.271 e. The lowest BCUT2D eigenvalue weighted by atomic mass is 10.1. The molecule has 0 saturated heterocycles. The molecule has 0 aromatic carbocycles. The molecule has 1 atom stereocenters. The first-order valence-electron chi connectivity index (χ1n) is 3.85. The van der Waals surface area contributed by atoms with Crippen LogP contribution in [0.15, 0.2) is 37.2 Å². The predicted molar refractivity (Wildman–Crippen MR) is 49.1 cm³/mol. The molecule has 1 heterocycles. The Labute approximate surface area is 72.3 Å². The lowest BCUT2D eigenvalue weighted by molar-refractivity contribution is 0.561. The normalized spacial score (nSPS) is 12.4. The van der Waals surface area contributed by atoms with E-state index in [1.165, 1.54) is 0 Å². The van der Waals surface area contributed by atoms with Crippen LogP contribution >= 0.6 is 0 Å². The second-order valence-electron chi connectivity index (χ2n) is 2.52. The number of nitrogens with two attached hydrogens (primary N) is 1. The molecule has 64 valence electrons. The first-order valence-corrected chi connectivity index (χ1v) is 3.85. The summed E-state index contributed by atoms with van der Waals surface area (Å²) in [5.41, 5.74) is 3.85. The molecule has 0 spiro atoms. The van der Waals surface area contributed by atoms with Crippen molar-refractivity contribution >= 4 is 0 Å². The highest BCUT2D eigenvalue weighted by Gasteiger charge is 2.05. The molecule has 0 fully saturated rings. The van der Waals surface area contributed by atoms with Crippen molar-refractivity contribution in [3.63, 3.8) is 0 Å². The smallest absolute Gasteiger partial charge is 0.0495 e. The van der Waals surface area contributed by atoms with Crippen molar-refractivity contribution in [2.24, 2.45) is 5.84 Å². The van der Waals surface area contributed by atoms with Crippen LogP contribution in [-0.4, -0.2) is 4.98 Å². The van der Waals surface area contributed by atoms with Gasteiger partial charge in [-0.05, 0) is 24.1 Å². The molecule has 3 nitrogen and oxygen atoms in total. The van der Waals surface area contributed by atoms with E-state index in [0.29, 0.717) is 0 Å². The van der Waals surface area contributed by atoms with E-state index in [1.807, 2.05) is 18.2 Å². The van der Waals surface area contributed by atoms with Gasteiger partial charge in [0.25, 0.3) is 0 Å². The summed E-state index contributed by atoms with van der Waals surface area (Å²) in [7, 11) is 0. The molecule has 0 radical (unpaired) electrons. The van der Waals surface area contributed by atoms with Gasteiger partial charge in [-0.25, -0.2) is 0 Å². The number of hydrogen-bond acceptors (Lipinski definition) is 3. The SMILES string of the molecule is C=CCC(NN)c1ccncc1. The minimum atomic E-state index is 0.144. The van der Waals surface area contributed by atoms with Gasteiger partial charge in [-0.3, -0.25) is 16.3 Å². The van der Waals surface area contributed by atoms with Crippen LogP contribution in [0.5, 0.6) is 0 Å². The van der Waals surface area contributed by atoms with Crippen molar-refractivity contribution in [2.45, 2.75) is 12.5 Å². The Bertz CT molecular complexity index is 233. The van der Waals surface area contributed by atoms with Gasteiger partial charge in [0.05, 0.1) is 0 Å². The molecule has 1 unspecified atom stereocenters. The van der Waals surface area contributed by atoms with Crippen LogP contribution in [0.1, 0.15) is 18.0 Å². The van der Waals surface area contributed by atoms with Gasteiger partial charge in [0, 0.05) is 18.4 Å². The van der Waals surface area contributed by atoms with E-state index in [4.69, 9.17) is 5.84 Å². The first-order chi connectivity index (χ1) is 5.88. The summed E-state index contributed by atoms with van der Waals surface area (Å²) >= 11 is 0. The molecule has 0 bridgehead atoms. The van der Waals surface area contributed by atoms with E-state index in [2.05, 4.69) is 17.0 Å². The molecule has 0 aliphatic carbocycles. The van der Waals surface area contributed by atoms with Crippen molar-refractivity contribution in [3.8, 4) is 0 Å². The van der Waals surface area contributed by atoms with E-state index < -0.39 is 0 Å². The van der Waals surface area contributed by atoms with Crippen LogP contribution in [0, 0.1) is 0 Å². The zero-order valence-corrected chi connectivity index (χ0v) is 6.90. The molecule has 12 heavy (non-hydrogen) atoms. The van der Waals surface area contributed by atoms with Crippen LogP contribution in [0.3, 0.4) is 0 Å². The number of pyridine rings is 1. The van der Waals surface area contributed by atoms with Gasteiger partial charge in [0.1, 0.15) is 0 Å². The third kappa shape index (κ3) is 2.15. The Morgan fingerprint density at radius 1 is 1.58 bits per heavy atom. The van der Waals surface area contributed by atoms with Gasteiger partial charge in [-0.1, -0.05) is 6.08 Å². The Hall–Kier alpha value is -1.19. The van der Waals surface area contributed by atoms with Crippen molar-refractivity contribution < 1.29 is 0 Å². The average Bonchev–Trinajstić information content (AvgIpc) is 2.15. The number of nitrogens with zero attached hydrogens (tertiary/aromatic N) is 1. The summed E-state index contributed by atoms with van der Waals surface area (Å²) in [5, 5.41) is 0. The highest BCUT2D eigenvalue weighted by Crippen LogP contribution is 2.14. The monoisotopic (exact) mass is 163 g/mol. The van der Waals surface area contributed by atoms with Crippen molar-refractivity contribution in [1.29, 1.82) is 0 Å². The first kappa shape index (κ1) is 8.90. The standard InChI is InChI=1S/C9H13N3/c1-2-3-9(12-10)8-4-6-11-7-5-8/h2,4-7,9,12H,1,3,10H2. The van der Waals surface area contributed by atoms with Crippen LogP contribution in [0.2, 0.25) is 0 Å². The largest absolute Gasteiger partial charge is 0.271 e. The van der Waals surface area contributed by atoms with E-state index in [-0.39, 0.29) is 6.04 Å². The average molecular weight is 163 g/mol. The van der Waals surface area contributed by atoms with Gasteiger partial charge >= 0.3 is 0 Å². The molecule has 0 aliphatic rings. The zero-order valence-electron chi connectivity index (χ0n) is 6.90. The summed E-state index contributed by atoms with van der Waals surface area (Å²) < 4.78 is 0. The number of nitrogens with one attached hydrogen (secondary N) is 1. The van der Waals surface area contributed by atoms with Crippen molar-refractivity contribution in [1.82, 2.24) is 10.4 Å². The molecule has 1 aromatic heterocycles. The molecule has 0 amide bonds. The molecule has 1 aromatic rings. The summed E-state index contributed by atoms with van der Waals surface area (Å²) in [6, 6.07) is 4.02. The summed E-state index contributed by atoms with van der Waals surface area (Å²) in [6.07, 6.45) is 6.16. The molecule has 0 aliphatic heterocycles. The van der Waals surface area contributed by atoms with Crippen LogP contribution in [0.4, 0.5) is 0 Å². The fraction of sp³-hybridized carbons (Fsp3) is 0.222. The van der Waals surface area contributed by atoms with Gasteiger partial charge in [0.2, 0.25) is 0 Å². The number of hydrazine groups is 1. The maximum atomic E-state index is 5.37. The van der Waals surface area contributed by atoms with Crippen molar-refractivity contribution in [3.05, 3.63) is 42.7 Å². The van der Waals surface area contributed by atoms with E-state index in [9.17, 15) is 0 Å². The Morgan fingerprint density at radius 3 is 2.75 bits per heavy atom. The molecule has 0 saturated carbocycles. The maximum Gasteiger partial charge on any atom is 0.0495 e. The molecule has 1 rings (SSSR count). The third-order valence-corrected chi connectivity index (χ3v) is 1.71. The summed E-state index contributed by atoms with van der Waals surface area (Å²) in [4.78, 5) is 3.93. The Kier molecular flexibility index (Phi) is 3.44. The highest BCUT2D eigenvalue weighted by molar-refractivity contribution is 5.15. The van der Waals surface area contributed by atoms with Gasteiger partial charge < -0.3 is 0 Å². The maximum absolute atomic E-state index is 5.37. The van der Waals surface area contributed by atoms with Gasteiger partial charge in [0.15, 0.2) is 0 Å². The lowest BCUT2D eigenvalue weighted by Crippen LogP contribution is -2.27. The number of rotatable bonds is 4. The molecular weight excluding hydrogens is 150 g/mol. The number of hydrogen-bond donors (Lipinski definition) is 2. The quantitative estimate of drug-likeness (QED) is 0.398. The molecular formula is C9H13N3. The van der Waals surface area contributed by atoms with Crippen LogP contribution in [-0.2, 0) is 0 Å². The number of aromatic nitrogens is 1. The summed E-state index contributed by atoms with van der Waals surface area (Å²) in [6.45, 7) is 3.66. The Morgan fingerprint density at radius 2 is 2.25 bits per heavy atom. The van der Waals surface area contributed by atoms with Gasteiger partial charge in [-0.15, -0.1) is 6.58 Å². The van der Waals surface area contributed by atoms with Gasteiger partial charge in [-0.2, -0.15) is 0 Å². The lowest BCUT2D eigenvalue weighted by Gasteiger charge is -2.12. The third-order valence-electron chi connectivity index (χ3n) is 1.71. The zero-order chi connectivity index (χ0) is 8.81. The molecule has 3 heteroatoms. The fourth-order valence-corrected chi connectivity index (χ4v) is 1.06. The second kappa shape index (κ2) is 4.64. The van der Waals surface area contributed by atoms with Crippen LogP contribution < -0.4 is 11.3 Å².